The molecule has 0 radical (unpaired) electrons. The second kappa shape index (κ2) is 9.56. The Morgan fingerprint density at radius 1 is 1.38 bits per heavy atom. The molecule has 8 nitrogen and oxygen atoms in total. The molecule has 0 spiro atoms. The minimum absolute atomic E-state index is 0.0138. The van der Waals surface area contributed by atoms with Crippen LogP contribution in [0.4, 0.5) is 5.69 Å². The lowest BCUT2D eigenvalue weighted by molar-refractivity contribution is -0.119. The molecule has 29 heavy (non-hydrogen) atoms. The number of nitrogens with one attached hydrogen (secondary N) is 2. The van der Waals surface area contributed by atoms with E-state index in [1.807, 2.05) is 36.9 Å². The Hall–Kier alpha value is -2.87. The number of carbonyl (C=O) groups excluding carboxylic acids is 2. The Kier molecular flexibility index (Phi) is 6.87. The number of H-pyrrole nitrogens is 1. The summed E-state index contributed by atoms with van der Waals surface area (Å²) in [6.45, 7) is 5.69. The van der Waals surface area contributed by atoms with Crippen molar-refractivity contribution in [1.82, 2.24) is 15.1 Å². The molecule has 2 N–H and O–H groups in total. The maximum absolute atomic E-state index is 13.1. The van der Waals surface area contributed by atoms with Crippen molar-refractivity contribution in [1.29, 1.82) is 0 Å². The van der Waals surface area contributed by atoms with Crippen LogP contribution in [-0.2, 0) is 9.53 Å². The molecule has 0 bridgehead atoms. The highest BCUT2D eigenvalue weighted by Gasteiger charge is 2.28. The van der Waals surface area contributed by atoms with Gasteiger partial charge in [-0.1, -0.05) is 6.07 Å². The Morgan fingerprint density at radius 2 is 2.21 bits per heavy atom. The Labute approximate surface area is 170 Å². The number of aryl methyl sites for hydroxylation is 1. The number of anilines is 1. The highest BCUT2D eigenvalue weighted by molar-refractivity contribution is 5.95. The van der Waals surface area contributed by atoms with Gasteiger partial charge in [-0.3, -0.25) is 14.7 Å². The van der Waals surface area contributed by atoms with Crippen LogP contribution in [-0.4, -0.2) is 60.3 Å². The Morgan fingerprint density at radius 3 is 2.97 bits per heavy atom. The van der Waals surface area contributed by atoms with Crippen LogP contribution in [0.3, 0.4) is 0 Å². The molecule has 2 heterocycles. The van der Waals surface area contributed by atoms with Gasteiger partial charge in [0, 0.05) is 31.7 Å². The van der Waals surface area contributed by atoms with Gasteiger partial charge in [-0.25, -0.2) is 0 Å². The number of methoxy groups -OCH3 is 1. The number of benzene rings is 1. The lowest BCUT2D eigenvalue weighted by atomic mass is 9.93. The largest absolute Gasteiger partial charge is 0.494 e. The van der Waals surface area contributed by atoms with Crippen LogP contribution < -0.4 is 10.1 Å². The second-order valence-corrected chi connectivity index (χ2v) is 7.18. The van der Waals surface area contributed by atoms with Gasteiger partial charge in [-0.2, -0.15) is 5.10 Å². The fourth-order valence-electron chi connectivity index (χ4n) is 3.65. The van der Waals surface area contributed by atoms with Crippen molar-refractivity contribution in [2.45, 2.75) is 32.6 Å². The summed E-state index contributed by atoms with van der Waals surface area (Å²) in [5, 5.41) is 9.89. The maximum Gasteiger partial charge on any atom is 0.254 e. The van der Waals surface area contributed by atoms with Crippen molar-refractivity contribution in [2.24, 2.45) is 0 Å². The zero-order valence-corrected chi connectivity index (χ0v) is 17.2. The second-order valence-electron chi connectivity index (χ2n) is 7.18. The Bertz CT molecular complexity index is 864. The smallest absolute Gasteiger partial charge is 0.254 e. The number of amides is 2. The van der Waals surface area contributed by atoms with Crippen molar-refractivity contribution >= 4 is 17.5 Å². The number of carbonyl (C=O) groups is 2. The third-order valence-corrected chi connectivity index (χ3v) is 5.07. The first-order chi connectivity index (χ1) is 14.0. The van der Waals surface area contributed by atoms with E-state index in [0.717, 1.165) is 29.8 Å². The van der Waals surface area contributed by atoms with Crippen molar-refractivity contribution < 1.29 is 19.1 Å². The highest BCUT2D eigenvalue weighted by atomic mass is 16.5. The fourth-order valence-corrected chi connectivity index (χ4v) is 3.65. The highest BCUT2D eigenvalue weighted by Crippen LogP contribution is 2.31. The van der Waals surface area contributed by atoms with E-state index in [2.05, 4.69) is 15.5 Å². The molecule has 1 saturated heterocycles. The van der Waals surface area contributed by atoms with Gasteiger partial charge in [-0.15, -0.1) is 0 Å². The van der Waals surface area contributed by atoms with Crippen molar-refractivity contribution in [3.63, 3.8) is 0 Å². The average molecular weight is 400 g/mol. The van der Waals surface area contributed by atoms with Crippen molar-refractivity contribution in [2.75, 3.05) is 38.7 Å². The first-order valence-electron chi connectivity index (χ1n) is 9.88. The number of aromatic amines is 1. The van der Waals surface area contributed by atoms with E-state index in [4.69, 9.17) is 9.47 Å². The number of ether oxygens (including phenoxy) is 2. The monoisotopic (exact) mass is 400 g/mol. The Balaban J connectivity index is 1.73. The maximum atomic E-state index is 13.1. The summed E-state index contributed by atoms with van der Waals surface area (Å²) in [6.07, 6.45) is 3.39. The molecule has 1 unspecified atom stereocenters. The van der Waals surface area contributed by atoms with Gasteiger partial charge in [0.1, 0.15) is 12.4 Å². The molecular formula is C21H28N4O4. The SMILES string of the molecule is CCOc1cc(C(=O)N2CCCC(c3[nH]ncc3NC(=O)COC)C2)ccc1C. The summed E-state index contributed by atoms with van der Waals surface area (Å²) >= 11 is 0. The third kappa shape index (κ3) is 4.95. The fraction of sp³-hybridized carbons (Fsp3) is 0.476. The molecule has 1 aliphatic heterocycles. The molecule has 1 atom stereocenters. The number of nitrogens with zero attached hydrogens (tertiary/aromatic N) is 2. The molecule has 1 aromatic heterocycles. The van der Waals surface area contributed by atoms with Crippen LogP contribution in [0, 0.1) is 6.92 Å². The summed E-state index contributed by atoms with van der Waals surface area (Å²) in [6, 6.07) is 5.58. The van der Waals surface area contributed by atoms with Crippen LogP contribution in [0.25, 0.3) is 0 Å². The van der Waals surface area contributed by atoms with E-state index in [0.29, 0.717) is 30.9 Å². The van der Waals surface area contributed by atoms with E-state index < -0.39 is 0 Å². The van der Waals surface area contributed by atoms with Crippen molar-refractivity contribution in [3.8, 4) is 5.75 Å². The van der Waals surface area contributed by atoms with E-state index in [1.54, 1.807) is 6.20 Å². The number of piperidine rings is 1. The molecule has 0 aliphatic carbocycles. The van der Waals surface area contributed by atoms with Gasteiger partial charge >= 0.3 is 0 Å². The number of hydrogen-bond acceptors (Lipinski definition) is 5. The average Bonchev–Trinajstić information content (AvgIpc) is 3.17. The molecule has 1 fully saturated rings. The van der Waals surface area contributed by atoms with Gasteiger partial charge in [0.25, 0.3) is 5.91 Å². The molecule has 3 rings (SSSR count). The van der Waals surface area contributed by atoms with Crippen LogP contribution in [0.15, 0.2) is 24.4 Å². The summed E-state index contributed by atoms with van der Waals surface area (Å²) < 4.78 is 10.5. The lowest BCUT2D eigenvalue weighted by Crippen LogP contribution is -2.39. The minimum atomic E-state index is -0.234. The minimum Gasteiger partial charge on any atom is -0.494 e. The van der Waals surface area contributed by atoms with Crippen LogP contribution >= 0.6 is 0 Å². The summed E-state index contributed by atoms with van der Waals surface area (Å²) in [4.78, 5) is 26.8. The standard InChI is InChI=1S/C21H28N4O4/c1-4-29-18-10-15(8-7-14(18)2)21(27)25-9-5-6-16(12-25)20-17(11-22-24-20)23-19(26)13-28-3/h7-8,10-11,16H,4-6,9,12-13H2,1-3H3,(H,22,24)(H,23,26). The summed E-state index contributed by atoms with van der Waals surface area (Å²) in [7, 11) is 1.47. The zero-order valence-electron chi connectivity index (χ0n) is 17.2. The third-order valence-electron chi connectivity index (χ3n) is 5.07. The number of aromatic nitrogens is 2. The summed E-state index contributed by atoms with van der Waals surface area (Å²) in [5.74, 6) is 0.565. The molecule has 2 aromatic rings. The molecule has 2 amide bonds. The quantitative estimate of drug-likeness (QED) is 0.745. The van der Waals surface area contributed by atoms with Crippen LogP contribution in [0.1, 0.15) is 47.3 Å². The predicted molar refractivity (Wildman–Crippen MR) is 109 cm³/mol. The van der Waals surface area contributed by atoms with Gasteiger partial charge in [-0.05, 0) is 44.4 Å². The van der Waals surface area contributed by atoms with E-state index in [1.165, 1.54) is 7.11 Å². The van der Waals surface area contributed by atoms with Gasteiger partial charge in [0.05, 0.1) is 24.2 Å². The number of likely N-dealkylation sites (tertiary alicyclic amines) is 1. The van der Waals surface area contributed by atoms with E-state index in [9.17, 15) is 9.59 Å². The van der Waals surface area contributed by atoms with E-state index >= 15 is 0 Å². The lowest BCUT2D eigenvalue weighted by Gasteiger charge is -2.33. The van der Waals surface area contributed by atoms with E-state index in [-0.39, 0.29) is 24.3 Å². The molecule has 1 aromatic carbocycles. The predicted octanol–water partition coefficient (Wildman–Crippen LogP) is 2.72. The molecule has 8 heteroatoms. The van der Waals surface area contributed by atoms with Crippen molar-refractivity contribution in [3.05, 3.63) is 41.2 Å². The van der Waals surface area contributed by atoms with Gasteiger partial charge in [0.15, 0.2) is 0 Å². The molecular weight excluding hydrogens is 372 g/mol. The van der Waals surface area contributed by atoms with Gasteiger partial charge < -0.3 is 19.7 Å². The zero-order chi connectivity index (χ0) is 20.8. The molecule has 1 aliphatic rings. The number of hydrogen-bond donors (Lipinski definition) is 2. The molecule has 156 valence electrons. The first kappa shape index (κ1) is 20.9. The molecule has 0 saturated carbocycles. The van der Waals surface area contributed by atoms with Crippen LogP contribution in [0.2, 0.25) is 0 Å². The van der Waals surface area contributed by atoms with Crippen LogP contribution in [0.5, 0.6) is 5.75 Å². The van der Waals surface area contributed by atoms with Gasteiger partial charge in [0.2, 0.25) is 5.91 Å². The summed E-state index contributed by atoms with van der Waals surface area (Å²) in [5.41, 5.74) is 3.11. The topological polar surface area (TPSA) is 96.5 Å². The first-order valence-corrected chi connectivity index (χ1v) is 9.88. The normalized spacial score (nSPS) is 16.5. The number of rotatable bonds is 7.